The van der Waals surface area contributed by atoms with Crippen LogP contribution < -0.4 is 9.80 Å². The van der Waals surface area contributed by atoms with Crippen molar-refractivity contribution in [3.63, 3.8) is 0 Å². The molecule has 334 valence electrons. The van der Waals surface area contributed by atoms with Gasteiger partial charge in [0.05, 0.1) is 34.1 Å². The zero-order valence-corrected chi connectivity index (χ0v) is 38.9. The molecule has 13 aromatic rings. The molecule has 0 spiro atoms. The Morgan fingerprint density at radius 1 is 0.211 bits per heavy atom. The van der Waals surface area contributed by atoms with E-state index in [-0.39, 0.29) is 0 Å². The smallest absolute Gasteiger partial charge is 0.138 e. The summed E-state index contributed by atoms with van der Waals surface area (Å²) in [6.45, 7) is 0. The first-order chi connectivity index (χ1) is 35.3. The monoisotopic (exact) mass is 906 g/mol. The first kappa shape index (κ1) is 41.7. The van der Waals surface area contributed by atoms with E-state index in [9.17, 15) is 0 Å². The average Bonchev–Trinajstić information content (AvgIpc) is 3.84. The molecule has 0 aliphatic rings. The molecule has 3 nitrogen and oxygen atoms in total. The van der Waals surface area contributed by atoms with Gasteiger partial charge < -0.3 is 14.2 Å². The van der Waals surface area contributed by atoms with Gasteiger partial charge in [0.1, 0.15) is 11.2 Å². The fourth-order valence-electron chi connectivity index (χ4n) is 10.7. The minimum absolute atomic E-state index is 0.816. The summed E-state index contributed by atoms with van der Waals surface area (Å²) in [6, 6.07) is 100. The summed E-state index contributed by atoms with van der Waals surface area (Å²) in [5, 5.41) is 6.67. The number of nitrogens with zero attached hydrogens (tertiary/aromatic N) is 2. The first-order valence-corrected chi connectivity index (χ1v) is 24.3. The van der Waals surface area contributed by atoms with Crippen molar-refractivity contribution in [2.45, 2.75) is 0 Å². The van der Waals surface area contributed by atoms with E-state index < -0.39 is 0 Å². The quantitative estimate of drug-likeness (QED) is 0.136. The van der Waals surface area contributed by atoms with Crippen LogP contribution in [-0.2, 0) is 0 Å². The van der Waals surface area contributed by atoms with E-state index in [1.165, 1.54) is 0 Å². The number of hydrogen-bond acceptors (Lipinski definition) is 3. The maximum absolute atomic E-state index is 7.40. The lowest BCUT2D eigenvalue weighted by Gasteiger charge is -2.31. The van der Waals surface area contributed by atoms with E-state index in [2.05, 4.69) is 289 Å². The van der Waals surface area contributed by atoms with Crippen LogP contribution in [0.25, 0.3) is 88.0 Å². The molecule has 3 heteroatoms. The lowest BCUT2D eigenvalue weighted by molar-refractivity contribution is 0.669. The number of benzene rings is 12. The Balaban J connectivity index is 1.11. The largest absolute Gasteiger partial charge is 0.456 e. The molecule has 0 saturated carbocycles. The molecule has 12 aromatic carbocycles. The van der Waals surface area contributed by atoms with E-state index in [1.54, 1.807) is 0 Å². The Morgan fingerprint density at radius 3 is 0.746 bits per heavy atom. The van der Waals surface area contributed by atoms with Crippen LogP contribution in [0.4, 0.5) is 34.1 Å². The molecule has 0 amide bonds. The Bertz CT molecular complexity index is 3620. The highest BCUT2D eigenvalue weighted by Gasteiger charge is 2.28. The molecule has 13 rings (SSSR count). The fourth-order valence-corrected chi connectivity index (χ4v) is 10.7. The predicted octanol–water partition coefficient (Wildman–Crippen LogP) is 19.5. The van der Waals surface area contributed by atoms with E-state index in [1.807, 2.05) is 0 Å². The van der Waals surface area contributed by atoms with Crippen molar-refractivity contribution in [3.8, 4) is 44.5 Å². The van der Waals surface area contributed by atoms with Crippen LogP contribution in [-0.4, -0.2) is 0 Å². The number of fused-ring (bicyclic) bond motifs is 7. The lowest BCUT2D eigenvalue weighted by atomic mass is 9.94. The van der Waals surface area contributed by atoms with Crippen LogP contribution in [0.1, 0.15) is 0 Å². The summed E-state index contributed by atoms with van der Waals surface area (Å²) >= 11 is 0. The first-order valence-electron chi connectivity index (χ1n) is 24.3. The minimum atomic E-state index is 0.816. The number of furan rings is 1. The highest BCUT2D eigenvalue weighted by molar-refractivity contribution is 6.30. The van der Waals surface area contributed by atoms with Gasteiger partial charge in [-0.15, -0.1) is 0 Å². The summed E-state index contributed by atoms with van der Waals surface area (Å²) in [7, 11) is 0. The van der Waals surface area contributed by atoms with Gasteiger partial charge in [-0.3, -0.25) is 0 Å². The topological polar surface area (TPSA) is 19.6 Å². The lowest BCUT2D eigenvalue weighted by Crippen LogP contribution is -2.13. The molecular formula is C68H46N2O. The van der Waals surface area contributed by atoms with Gasteiger partial charge in [0.25, 0.3) is 0 Å². The van der Waals surface area contributed by atoms with Crippen molar-refractivity contribution >= 4 is 77.6 Å². The molecule has 0 fully saturated rings. The Morgan fingerprint density at radius 2 is 0.451 bits per heavy atom. The van der Waals surface area contributed by atoms with Crippen molar-refractivity contribution in [2.75, 3.05) is 9.80 Å². The third kappa shape index (κ3) is 7.31. The molecule has 0 aliphatic heterocycles. The number of para-hydroxylation sites is 4. The maximum Gasteiger partial charge on any atom is 0.138 e. The zero-order valence-electron chi connectivity index (χ0n) is 38.9. The molecule has 0 saturated heterocycles. The van der Waals surface area contributed by atoms with Gasteiger partial charge in [0.2, 0.25) is 0 Å². The van der Waals surface area contributed by atoms with Crippen molar-refractivity contribution in [3.05, 3.63) is 279 Å². The molecule has 0 bridgehead atoms. The normalized spacial score (nSPS) is 11.4. The standard InChI is InChI=1S/C68H46N2O/c1-5-25-47(26-6-1)51-33-17-21-41-59(51)69(60-42-22-18-34-52(60)48-27-7-2-8-28-48)63-45-65-67(57-39-15-13-37-55(57)63)68-58-40-16-14-38-56(58)64(46-66(68)71-65)70(61-43-23-19-35-53(61)49-29-9-3-10-30-49)62-44-24-20-36-54(62)50-31-11-4-12-32-50/h1-46H. The summed E-state index contributed by atoms with van der Waals surface area (Å²) in [5.74, 6) is 0. The van der Waals surface area contributed by atoms with Gasteiger partial charge in [-0.25, -0.2) is 0 Å². The number of rotatable bonds is 10. The molecule has 1 aromatic heterocycles. The maximum atomic E-state index is 7.40. The van der Waals surface area contributed by atoms with E-state index in [0.29, 0.717) is 0 Å². The van der Waals surface area contributed by atoms with Gasteiger partial charge in [0.15, 0.2) is 0 Å². The molecule has 0 unspecified atom stereocenters. The van der Waals surface area contributed by atoms with E-state index in [4.69, 9.17) is 4.42 Å². The van der Waals surface area contributed by atoms with Gasteiger partial charge in [0, 0.05) is 55.9 Å². The van der Waals surface area contributed by atoms with Crippen molar-refractivity contribution in [1.29, 1.82) is 0 Å². The average molecular weight is 907 g/mol. The second-order valence-electron chi connectivity index (χ2n) is 17.9. The van der Waals surface area contributed by atoms with Crippen molar-refractivity contribution in [1.82, 2.24) is 0 Å². The van der Waals surface area contributed by atoms with E-state index in [0.717, 1.165) is 122 Å². The number of anilines is 6. The second kappa shape index (κ2) is 17.9. The zero-order chi connectivity index (χ0) is 47.1. The van der Waals surface area contributed by atoms with Crippen molar-refractivity contribution in [2.24, 2.45) is 0 Å². The highest BCUT2D eigenvalue weighted by atomic mass is 16.3. The molecule has 0 aliphatic carbocycles. The molecule has 0 radical (unpaired) electrons. The third-order valence-corrected chi connectivity index (χ3v) is 13.8. The van der Waals surface area contributed by atoms with Gasteiger partial charge in [-0.2, -0.15) is 0 Å². The van der Waals surface area contributed by atoms with Crippen LogP contribution in [0, 0.1) is 0 Å². The number of hydrogen-bond donors (Lipinski definition) is 0. The van der Waals surface area contributed by atoms with Gasteiger partial charge in [-0.05, 0) is 57.3 Å². The Labute approximate surface area is 413 Å². The predicted molar refractivity (Wildman–Crippen MR) is 300 cm³/mol. The summed E-state index contributed by atoms with van der Waals surface area (Å²) in [6.07, 6.45) is 0. The second-order valence-corrected chi connectivity index (χ2v) is 17.9. The molecule has 0 N–H and O–H groups in total. The van der Waals surface area contributed by atoms with Crippen LogP contribution >= 0.6 is 0 Å². The summed E-state index contributed by atoms with van der Waals surface area (Å²) < 4.78 is 7.40. The van der Waals surface area contributed by atoms with Crippen LogP contribution in [0.15, 0.2) is 283 Å². The van der Waals surface area contributed by atoms with Crippen LogP contribution in [0.2, 0.25) is 0 Å². The van der Waals surface area contributed by atoms with E-state index >= 15 is 0 Å². The fraction of sp³-hybridized carbons (Fsp3) is 0. The van der Waals surface area contributed by atoms with Gasteiger partial charge >= 0.3 is 0 Å². The molecule has 0 atom stereocenters. The molecule has 71 heavy (non-hydrogen) atoms. The Hall–Kier alpha value is -9.44. The van der Waals surface area contributed by atoms with Crippen molar-refractivity contribution < 1.29 is 4.42 Å². The highest BCUT2D eigenvalue weighted by Crippen LogP contribution is 2.53. The van der Waals surface area contributed by atoms with Crippen LogP contribution in [0.5, 0.6) is 0 Å². The minimum Gasteiger partial charge on any atom is -0.456 e. The SMILES string of the molecule is c1ccc(-c2ccccc2N(c2ccccc2-c2ccccc2)c2cc3oc4cc(N(c5ccccc5-c5ccccc5)c5ccccc5-c5ccccc5)c5ccccc5c4c3c3ccccc23)cc1. The van der Waals surface area contributed by atoms with Gasteiger partial charge in [-0.1, -0.05) is 243 Å². The molecule has 1 heterocycles. The summed E-state index contributed by atoms with van der Waals surface area (Å²) in [4.78, 5) is 4.90. The third-order valence-electron chi connectivity index (χ3n) is 13.8. The molecular weight excluding hydrogens is 861 g/mol. The van der Waals surface area contributed by atoms with Crippen LogP contribution in [0.3, 0.4) is 0 Å². The Kier molecular flexibility index (Phi) is 10.5. The summed E-state index contributed by atoms with van der Waals surface area (Å²) in [5.41, 5.74) is 17.1.